The predicted molar refractivity (Wildman–Crippen MR) is 57.3 cm³/mol. The number of hydrogen-bond acceptors (Lipinski definition) is 3. The lowest BCUT2D eigenvalue weighted by Gasteiger charge is -2.14. The van der Waals surface area contributed by atoms with Gasteiger partial charge < -0.3 is 4.74 Å². The molecule has 2 rings (SSSR count). The molecule has 1 heterocycles. The first-order chi connectivity index (χ1) is 7.42. The lowest BCUT2D eigenvalue weighted by molar-refractivity contribution is 0.133. The molecular weight excluding hydrogens is 188 g/mol. The topological polar surface area (TPSA) is 35.0 Å². The molecule has 0 fully saturated rings. The van der Waals surface area contributed by atoms with Crippen LogP contribution in [0.25, 0.3) is 0 Å². The zero-order valence-electron chi connectivity index (χ0n) is 8.50. The quantitative estimate of drug-likeness (QED) is 0.762. The summed E-state index contributed by atoms with van der Waals surface area (Å²) < 4.78 is 5.43. The Balaban J connectivity index is 2.34. The van der Waals surface area contributed by atoms with Crippen molar-refractivity contribution in [2.45, 2.75) is 6.10 Å². The Morgan fingerprint density at radius 2 is 1.93 bits per heavy atom. The molecule has 15 heavy (non-hydrogen) atoms. The van der Waals surface area contributed by atoms with Gasteiger partial charge in [0.15, 0.2) is 0 Å². The summed E-state index contributed by atoms with van der Waals surface area (Å²) in [5.41, 5.74) is 1.97. The molecule has 0 spiro atoms. The Morgan fingerprint density at radius 1 is 1.13 bits per heavy atom. The molecule has 1 aromatic carbocycles. The van der Waals surface area contributed by atoms with Gasteiger partial charge in [0.05, 0.1) is 5.69 Å². The fourth-order valence-electron chi connectivity index (χ4n) is 1.51. The number of rotatable bonds is 3. The van der Waals surface area contributed by atoms with Crippen molar-refractivity contribution in [1.82, 2.24) is 9.97 Å². The number of aromatic nitrogens is 2. The van der Waals surface area contributed by atoms with Crippen molar-refractivity contribution < 1.29 is 4.74 Å². The fraction of sp³-hybridized carbons (Fsp3) is 0.167. The van der Waals surface area contributed by atoms with Crippen molar-refractivity contribution >= 4 is 0 Å². The molecule has 0 bridgehead atoms. The Bertz CT molecular complexity index is 363. The van der Waals surface area contributed by atoms with Crippen LogP contribution < -0.4 is 0 Å². The molecule has 3 nitrogen and oxygen atoms in total. The largest absolute Gasteiger partial charge is 0.370 e. The molecule has 3 heteroatoms. The summed E-state index contributed by atoms with van der Waals surface area (Å²) in [5.74, 6) is 0. The van der Waals surface area contributed by atoms with Crippen LogP contribution in [0.1, 0.15) is 17.4 Å². The Labute approximate surface area is 88.8 Å². The second-order valence-electron chi connectivity index (χ2n) is 3.16. The highest BCUT2D eigenvalue weighted by atomic mass is 16.5. The van der Waals surface area contributed by atoms with Gasteiger partial charge in [-0.3, -0.25) is 0 Å². The van der Waals surface area contributed by atoms with E-state index in [0.717, 1.165) is 11.3 Å². The lowest BCUT2D eigenvalue weighted by atomic mass is 10.1. The number of benzene rings is 1. The van der Waals surface area contributed by atoms with E-state index in [1.165, 1.54) is 6.33 Å². The van der Waals surface area contributed by atoms with E-state index < -0.39 is 0 Å². The Kier molecular flexibility index (Phi) is 3.05. The van der Waals surface area contributed by atoms with Crippen LogP contribution in [0.4, 0.5) is 0 Å². The Hall–Kier alpha value is -1.74. The molecule has 1 aromatic heterocycles. The molecule has 0 saturated heterocycles. The first-order valence-electron chi connectivity index (χ1n) is 4.75. The standard InChI is InChI=1S/C12H12N2O/c1-15-12(10-5-3-2-4-6-10)11-7-8-13-9-14-11/h2-9,12H,1H3. The van der Waals surface area contributed by atoms with Gasteiger partial charge in [-0.2, -0.15) is 0 Å². The van der Waals surface area contributed by atoms with Gasteiger partial charge in [0.2, 0.25) is 0 Å². The highest BCUT2D eigenvalue weighted by molar-refractivity contribution is 5.24. The van der Waals surface area contributed by atoms with Crippen molar-refractivity contribution in [2.75, 3.05) is 7.11 Å². The molecule has 1 unspecified atom stereocenters. The van der Waals surface area contributed by atoms with E-state index in [-0.39, 0.29) is 6.10 Å². The molecular formula is C12H12N2O. The maximum absolute atomic E-state index is 5.43. The summed E-state index contributed by atoms with van der Waals surface area (Å²) in [6.45, 7) is 0. The average Bonchev–Trinajstić information content (AvgIpc) is 2.33. The van der Waals surface area contributed by atoms with E-state index in [1.807, 2.05) is 36.4 Å². The third-order valence-electron chi connectivity index (χ3n) is 2.21. The van der Waals surface area contributed by atoms with Crippen LogP contribution in [-0.4, -0.2) is 17.1 Å². The van der Waals surface area contributed by atoms with Crippen LogP contribution in [0.2, 0.25) is 0 Å². The van der Waals surface area contributed by atoms with Crippen LogP contribution in [0.3, 0.4) is 0 Å². The van der Waals surface area contributed by atoms with Gasteiger partial charge in [0.25, 0.3) is 0 Å². The number of methoxy groups -OCH3 is 1. The van der Waals surface area contributed by atoms with Crippen LogP contribution >= 0.6 is 0 Å². The summed E-state index contributed by atoms with van der Waals surface area (Å²) in [7, 11) is 1.68. The van der Waals surface area contributed by atoms with Crippen LogP contribution in [0.15, 0.2) is 48.9 Å². The minimum Gasteiger partial charge on any atom is -0.370 e. The van der Waals surface area contributed by atoms with Crippen LogP contribution in [0, 0.1) is 0 Å². The first-order valence-corrected chi connectivity index (χ1v) is 4.75. The minimum atomic E-state index is -0.116. The second-order valence-corrected chi connectivity index (χ2v) is 3.16. The van der Waals surface area contributed by atoms with Crippen LogP contribution in [0.5, 0.6) is 0 Å². The molecule has 0 aliphatic carbocycles. The van der Waals surface area contributed by atoms with Gasteiger partial charge in [-0.25, -0.2) is 9.97 Å². The highest BCUT2D eigenvalue weighted by Gasteiger charge is 2.13. The monoisotopic (exact) mass is 200 g/mol. The van der Waals surface area contributed by atoms with E-state index in [4.69, 9.17) is 4.74 Å². The lowest BCUT2D eigenvalue weighted by Crippen LogP contribution is -2.05. The summed E-state index contributed by atoms with van der Waals surface area (Å²) in [6.07, 6.45) is 3.14. The SMILES string of the molecule is COC(c1ccccc1)c1ccncn1. The molecule has 76 valence electrons. The summed E-state index contributed by atoms with van der Waals surface area (Å²) in [4.78, 5) is 8.08. The van der Waals surface area contributed by atoms with Gasteiger partial charge in [0, 0.05) is 13.3 Å². The van der Waals surface area contributed by atoms with E-state index in [1.54, 1.807) is 13.3 Å². The zero-order valence-corrected chi connectivity index (χ0v) is 8.50. The van der Waals surface area contributed by atoms with Crippen molar-refractivity contribution in [3.05, 3.63) is 60.2 Å². The fourth-order valence-corrected chi connectivity index (χ4v) is 1.51. The molecule has 0 amide bonds. The molecule has 2 aromatic rings. The summed E-state index contributed by atoms with van der Waals surface area (Å²) in [5, 5.41) is 0. The zero-order chi connectivity index (χ0) is 10.5. The molecule has 0 aliphatic rings. The maximum atomic E-state index is 5.43. The van der Waals surface area contributed by atoms with Crippen molar-refractivity contribution in [2.24, 2.45) is 0 Å². The van der Waals surface area contributed by atoms with E-state index >= 15 is 0 Å². The maximum Gasteiger partial charge on any atom is 0.124 e. The van der Waals surface area contributed by atoms with Gasteiger partial charge >= 0.3 is 0 Å². The van der Waals surface area contributed by atoms with Crippen molar-refractivity contribution in [1.29, 1.82) is 0 Å². The van der Waals surface area contributed by atoms with E-state index in [9.17, 15) is 0 Å². The molecule has 0 radical (unpaired) electrons. The van der Waals surface area contributed by atoms with Gasteiger partial charge in [-0.15, -0.1) is 0 Å². The van der Waals surface area contributed by atoms with E-state index in [0.29, 0.717) is 0 Å². The van der Waals surface area contributed by atoms with Crippen molar-refractivity contribution in [3.8, 4) is 0 Å². The van der Waals surface area contributed by atoms with Crippen LogP contribution in [-0.2, 0) is 4.74 Å². The predicted octanol–water partition coefficient (Wildman–Crippen LogP) is 2.21. The molecule has 1 atom stereocenters. The third-order valence-corrected chi connectivity index (χ3v) is 2.21. The number of nitrogens with zero attached hydrogens (tertiary/aromatic N) is 2. The highest BCUT2D eigenvalue weighted by Crippen LogP contribution is 2.22. The minimum absolute atomic E-state index is 0.116. The molecule has 0 aliphatic heterocycles. The smallest absolute Gasteiger partial charge is 0.124 e. The Morgan fingerprint density at radius 3 is 2.53 bits per heavy atom. The third kappa shape index (κ3) is 2.19. The summed E-state index contributed by atoms with van der Waals surface area (Å²) in [6, 6.07) is 11.9. The van der Waals surface area contributed by atoms with Gasteiger partial charge in [-0.05, 0) is 11.6 Å². The average molecular weight is 200 g/mol. The summed E-state index contributed by atoms with van der Waals surface area (Å²) >= 11 is 0. The number of hydrogen-bond donors (Lipinski definition) is 0. The molecule has 0 saturated carbocycles. The van der Waals surface area contributed by atoms with Crippen molar-refractivity contribution in [3.63, 3.8) is 0 Å². The molecule has 0 N–H and O–H groups in total. The second kappa shape index (κ2) is 4.66. The van der Waals surface area contributed by atoms with E-state index in [2.05, 4.69) is 9.97 Å². The van der Waals surface area contributed by atoms with Gasteiger partial charge in [-0.1, -0.05) is 30.3 Å². The van der Waals surface area contributed by atoms with Gasteiger partial charge in [0.1, 0.15) is 12.4 Å². The normalized spacial score (nSPS) is 12.3. The first kappa shape index (κ1) is 9.80. The number of ether oxygens (including phenoxy) is 1.